The highest BCUT2D eigenvalue weighted by Gasteiger charge is 2.38. The van der Waals surface area contributed by atoms with Crippen LogP contribution < -0.4 is 15.0 Å². The van der Waals surface area contributed by atoms with Gasteiger partial charge in [-0.2, -0.15) is 18.4 Å². The summed E-state index contributed by atoms with van der Waals surface area (Å²) in [7, 11) is -4.22. The topological polar surface area (TPSA) is 200 Å². The van der Waals surface area contributed by atoms with Crippen LogP contribution in [0.4, 0.5) is 24.8 Å². The van der Waals surface area contributed by atoms with Crippen LogP contribution in [0.3, 0.4) is 0 Å². The van der Waals surface area contributed by atoms with Crippen LogP contribution in [-0.2, 0) is 32.0 Å². The molecule has 2 aliphatic rings. The van der Waals surface area contributed by atoms with Gasteiger partial charge in [-0.25, -0.2) is 28.4 Å². The number of amidine groups is 1. The van der Waals surface area contributed by atoms with Gasteiger partial charge in [0, 0.05) is 30.4 Å². The monoisotopic (exact) mass is 802 g/mol. The Balaban J connectivity index is 0.988. The second-order valence-electron chi connectivity index (χ2n) is 13.6. The number of ketones is 1. The van der Waals surface area contributed by atoms with Crippen LogP contribution in [0.2, 0.25) is 0 Å². The minimum Gasteiger partial charge on any atom is -0.494 e. The summed E-state index contributed by atoms with van der Waals surface area (Å²) in [6.07, 6.45) is -0.199. The van der Waals surface area contributed by atoms with Crippen molar-refractivity contribution in [2.24, 2.45) is 9.98 Å². The highest BCUT2D eigenvalue weighted by molar-refractivity contribution is 7.91. The predicted octanol–water partition coefficient (Wildman–Crippen LogP) is 4.91. The number of rotatable bonds is 15. The molecule has 2 aromatic carbocycles. The molecule has 296 valence electrons. The second kappa shape index (κ2) is 16.6. The van der Waals surface area contributed by atoms with E-state index in [9.17, 15) is 36.3 Å². The number of alkyl halides is 3. The van der Waals surface area contributed by atoms with Crippen molar-refractivity contribution in [3.8, 4) is 23.1 Å². The predicted molar refractivity (Wildman–Crippen MR) is 204 cm³/mol. The van der Waals surface area contributed by atoms with Gasteiger partial charge in [0.15, 0.2) is 33.1 Å². The van der Waals surface area contributed by atoms with Gasteiger partial charge in [0.25, 0.3) is 0 Å². The van der Waals surface area contributed by atoms with E-state index in [0.717, 1.165) is 30.3 Å². The average molecular weight is 803 g/mol. The van der Waals surface area contributed by atoms with Crippen molar-refractivity contribution >= 4 is 45.2 Å². The number of amides is 1. The molecule has 1 amide bonds. The molecular weight excluding hydrogens is 766 g/mol. The number of unbranched alkanes of at least 4 members (excludes halogenated alkanes) is 2. The number of carbonyl (C=O) groups is 2. The number of aliphatic hydroxyl groups is 1. The molecule has 1 atom stereocenters. The number of benzene rings is 2. The number of ether oxygens (including phenoxy) is 1. The third-order valence-electron chi connectivity index (χ3n) is 9.27. The Bertz CT molecular complexity index is 2410. The average Bonchev–Trinajstić information content (AvgIpc) is 3.72. The number of pyridine rings is 1. The molecule has 0 unspecified atom stereocenters. The summed E-state index contributed by atoms with van der Waals surface area (Å²) in [5.74, 6) is -0.260. The first-order valence-electron chi connectivity index (χ1n) is 17.8. The van der Waals surface area contributed by atoms with Gasteiger partial charge in [-0.05, 0) is 87.2 Å². The van der Waals surface area contributed by atoms with Crippen molar-refractivity contribution in [3.63, 3.8) is 0 Å². The van der Waals surface area contributed by atoms with Crippen LogP contribution >= 0.6 is 0 Å². The Hall–Kier alpha value is -6.06. The number of nitriles is 1. The van der Waals surface area contributed by atoms with E-state index in [0.29, 0.717) is 79.6 Å². The smallest absolute Gasteiger partial charge is 0.417 e. The SMILES string of the molecule is Cc1nc(C2=NCC=N2)ccc1-c1cnc2c(n1)N(CCCCCOc1ccc(S(=O)(=O)C[C@](C)(O)C(=O)Cc3ccc(C#N)c(C(F)(F)F)c3)cc1)C(=O)CN2. The van der Waals surface area contributed by atoms with E-state index >= 15 is 0 Å². The fraction of sp³-hybridized carbons (Fsp3) is 0.333. The summed E-state index contributed by atoms with van der Waals surface area (Å²) in [5.41, 5.74) is -1.69. The zero-order chi connectivity index (χ0) is 41.0. The van der Waals surface area contributed by atoms with Crippen molar-refractivity contribution in [1.29, 1.82) is 5.26 Å². The minimum atomic E-state index is -4.84. The first-order chi connectivity index (χ1) is 27.1. The summed E-state index contributed by atoms with van der Waals surface area (Å²) >= 11 is 0. The molecule has 0 radical (unpaired) electrons. The maximum Gasteiger partial charge on any atom is 0.417 e. The summed E-state index contributed by atoms with van der Waals surface area (Å²) in [6.45, 7) is 4.17. The lowest BCUT2D eigenvalue weighted by Gasteiger charge is -2.28. The minimum absolute atomic E-state index is 0.0896. The van der Waals surface area contributed by atoms with Crippen LogP contribution in [0.1, 0.15) is 54.3 Å². The number of carbonyl (C=O) groups excluding carboxylic acids is 2. The number of hydrogen-bond acceptors (Lipinski definition) is 13. The van der Waals surface area contributed by atoms with Gasteiger partial charge in [0.1, 0.15) is 17.0 Å². The molecular formula is C39H37F3N8O6S. The van der Waals surface area contributed by atoms with E-state index in [2.05, 4.69) is 25.3 Å². The van der Waals surface area contributed by atoms with E-state index < -0.39 is 50.7 Å². The van der Waals surface area contributed by atoms with E-state index in [1.807, 2.05) is 19.1 Å². The van der Waals surface area contributed by atoms with E-state index in [1.54, 1.807) is 17.3 Å². The number of aromatic nitrogens is 3. The zero-order valence-corrected chi connectivity index (χ0v) is 31.7. The lowest BCUT2D eigenvalue weighted by molar-refractivity contribution is -0.138. The summed E-state index contributed by atoms with van der Waals surface area (Å²) in [4.78, 5) is 49.7. The maximum absolute atomic E-state index is 13.4. The van der Waals surface area contributed by atoms with Crippen molar-refractivity contribution in [2.75, 3.05) is 42.2 Å². The molecule has 14 nitrogen and oxygen atoms in total. The fourth-order valence-electron chi connectivity index (χ4n) is 6.25. The Kier molecular flexibility index (Phi) is 11.8. The molecule has 2 N–H and O–H groups in total. The standard InChI is InChI=1S/C39H37F3N8O6S/c1-24-29(12-13-31(48-24)35-44-14-15-45-35)32-21-46-36-37(49-32)50(34(52)22-47-36)16-4-3-5-17-56-27-8-10-28(11-9-27)57(54,55)23-38(2,53)33(51)19-25-6-7-26(20-43)30(18-25)39(40,41)42/h6-14,18,21,53H,3-5,15-17,19,22-23H2,1-2H3,(H,46,47)/t38-/m0/s1. The number of aliphatic imine (C=N–C) groups is 2. The van der Waals surface area contributed by atoms with Crippen LogP contribution in [0.25, 0.3) is 11.3 Å². The number of nitrogens with zero attached hydrogens (tertiary/aromatic N) is 7. The fourth-order valence-corrected chi connectivity index (χ4v) is 7.87. The molecule has 57 heavy (non-hydrogen) atoms. The van der Waals surface area contributed by atoms with Crippen molar-refractivity contribution in [2.45, 2.75) is 56.2 Å². The second-order valence-corrected chi connectivity index (χ2v) is 15.6. The van der Waals surface area contributed by atoms with Gasteiger partial charge in [0.05, 0.1) is 59.4 Å². The lowest BCUT2D eigenvalue weighted by Crippen LogP contribution is -2.43. The van der Waals surface area contributed by atoms with Gasteiger partial charge in [0.2, 0.25) is 5.91 Å². The molecule has 0 aliphatic carbocycles. The number of hydrogen-bond donors (Lipinski definition) is 2. The molecule has 0 saturated heterocycles. The Morgan fingerprint density at radius 1 is 1.05 bits per heavy atom. The van der Waals surface area contributed by atoms with E-state index in [1.165, 1.54) is 30.3 Å². The number of anilines is 2. The van der Waals surface area contributed by atoms with Crippen LogP contribution in [0.15, 0.2) is 75.7 Å². The van der Waals surface area contributed by atoms with Gasteiger partial charge in [-0.3, -0.25) is 19.5 Å². The maximum atomic E-state index is 13.4. The molecule has 0 bridgehead atoms. The normalized spacial score (nSPS) is 15.0. The molecule has 4 aromatic rings. The van der Waals surface area contributed by atoms with E-state index in [4.69, 9.17) is 15.0 Å². The summed E-state index contributed by atoms with van der Waals surface area (Å²) in [6, 6.07) is 13.3. The zero-order valence-electron chi connectivity index (χ0n) is 30.9. The Labute approximate surface area is 326 Å². The number of aryl methyl sites for hydroxylation is 1. The third-order valence-corrected chi connectivity index (χ3v) is 11.2. The molecule has 2 aliphatic heterocycles. The number of fused-ring (bicyclic) bond motifs is 1. The Morgan fingerprint density at radius 2 is 1.82 bits per heavy atom. The quantitative estimate of drug-likeness (QED) is 0.155. The largest absolute Gasteiger partial charge is 0.494 e. The molecule has 0 spiro atoms. The molecule has 0 fully saturated rings. The molecule has 18 heteroatoms. The molecule has 6 rings (SSSR count). The summed E-state index contributed by atoms with van der Waals surface area (Å²) < 4.78 is 72.1. The number of nitrogens with one attached hydrogen (secondary N) is 1. The van der Waals surface area contributed by atoms with Crippen LogP contribution in [0, 0.1) is 18.3 Å². The van der Waals surface area contributed by atoms with Crippen molar-refractivity contribution < 1.29 is 41.0 Å². The van der Waals surface area contributed by atoms with Gasteiger partial charge in [-0.15, -0.1) is 0 Å². The summed E-state index contributed by atoms with van der Waals surface area (Å²) in [5, 5.41) is 22.8. The number of Topliss-reactive ketones (excluding diaryl/α,β-unsaturated/α-hetero) is 1. The van der Waals surface area contributed by atoms with Crippen LogP contribution in [0.5, 0.6) is 5.75 Å². The van der Waals surface area contributed by atoms with Crippen LogP contribution in [-0.4, -0.2) is 89.8 Å². The molecule has 0 saturated carbocycles. The first-order valence-corrected chi connectivity index (χ1v) is 19.5. The third kappa shape index (κ3) is 9.50. The van der Waals surface area contributed by atoms with E-state index in [-0.39, 0.29) is 22.9 Å². The van der Waals surface area contributed by atoms with Crippen molar-refractivity contribution in [3.05, 3.63) is 88.9 Å². The molecule has 2 aromatic heterocycles. The Morgan fingerprint density at radius 3 is 2.51 bits per heavy atom. The lowest BCUT2D eigenvalue weighted by atomic mass is 9.94. The molecule has 4 heterocycles. The first kappa shape index (κ1) is 40.6. The number of halogens is 3. The highest BCUT2D eigenvalue weighted by atomic mass is 32.2. The van der Waals surface area contributed by atoms with Gasteiger partial charge >= 0.3 is 6.18 Å². The van der Waals surface area contributed by atoms with Crippen molar-refractivity contribution in [1.82, 2.24) is 15.0 Å². The van der Waals surface area contributed by atoms with Gasteiger partial charge < -0.3 is 15.2 Å². The highest BCUT2D eigenvalue weighted by Crippen LogP contribution is 2.33. The number of sulfone groups is 1. The van der Waals surface area contributed by atoms with Gasteiger partial charge in [-0.1, -0.05) is 6.07 Å².